The molecule has 2 aromatic rings. The average Bonchev–Trinajstić information content (AvgIpc) is 2.93. The van der Waals surface area contributed by atoms with Crippen LogP contribution in [0.25, 0.3) is 0 Å². The van der Waals surface area contributed by atoms with E-state index in [1.165, 1.54) is 11.3 Å². The van der Waals surface area contributed by atoms with Gasteiger partial charge in [0, 0.05) is 11.6 Å². The number of ether oxygens (including phenoxy) is 2. The van der Waals surface area contributed by atoms with Gasteiger partial charge in [-0.05, 0) is 12.1 Å². The third kappa shape index (κ3) is 2.60. The van der Waals surface area contributed by atoms with Crippen molar-refractivity contribution in [2.45, 2.75) is 0 Å². The summed E-state index contributed by atoms with van der Waals surface area (Å²) < 4.78 is 10.6. The summed E-state index contributed by atoms with van der Waals surface area (Å²) in [6, 6.07) is 5.54. The summed E-state index contributed by atoms with van der Waals surface area (Å²) in [7, 11) is 3.21. The normalized spacial score (nSPS) is 9.89. The summed E-state index contributed by atoms with van der Waals surface area (Å²) in [6.45, 7) is 0. The summed E-state index contributed by atoms with van der Waals surface area (Å²) in [6.07, 6.45) is 1.72. The van der Waals surface area contributed by atoms with Gasteiger partial charge in [-0.2, -0.15) is 0 Å². The Morgan fingerprint density at radius 2 is 1.94 bits per heavy atom. The van der Waals surface area contributed by atoms with E-state index in [2.05, 4.69) is 10.3 Å². The van der Waals surface area contributed by atoms with Crippen LogP contribution in [0.1, 0.15) is 5.01 Å². The van der Waals surface area contributed by atoms with Crippen molar-refractivity contribution < 1.29 is 9.47 Å². The number of nitrogens with one attached hydrogen (secondary N) is 1. The highest BCUT2D eigenvalue weighted by Gasteiger charge is 2.13. The Morgan fingerprint density at radius 1 is 1.28 bits per heavy atom. The molecule has 1 N–H and O–H groups in total. The SMILES string of the molecule is COc1cccc(OC)c1NC(=S)c1nccs1. The maximum atomic E-state index is 5.30. The number of hydrogen-bond donors (Lipinski definition) is 1. The van der Waals surface area contributed by atoms with Crippen LogP contribution in [0.3, 0.4) is 0 Å². The van der Waals surface area contributed by atoms with Crippen LogP contribution in [0.5, 0.6) is 11.5 Å². The van der Waals surface area contributed by atoms with Crippen LogP contribution in [0.4, 0.5) is 5.69 Å². The van der Waals surface area contributed by atoms with Gasteiger partial charge in [-0.3, -0.25) is 0 Å². The van der Waals surface area contributed by atoms with E-state index in [4.69, 9.17) is 21.7 Å². The highest BCUT2D eigenvalue weighted by atomic mass is 32.1. The Hall–Kier alpha value is -1.66. The minimum Gasteiger partial charge on any atom is -0.494 e. The van der Waals surface area contributed by atoms with Crippen molar-refractivity contribution in [2.75, 3.05) is 19.5 Å². The Morgan fingerprint density at radius 3 is 2.44 bits per heavy atom. The number of nitrogens with zero attached hydrogens (tertiary/aromatic N) is 1. The molecular weight excluding hydrogens is 268 g/mol. The van der Waals surface area contributed by atoms with Gasteiger partial charge in [0.1, 0.15) is 22.2 Å². The van der Waals surface area contributed by atoms with Gasteiger partial charge in [0.15, 0.2) is 5.01 Å². The number of thiazole rings is 1. The molecule has 1 aromatic heterocycles. The Bertz CT molecular complexity index is 519. The summed E-state index contributed by atoms with van der Waals surface area (Å²) in [5, 5.41) is 5.75. The van der Waals surface area contributed by atoms with Gasteiger partial charge in [-0.1, -0.05) is 18.3 Å². The molecule has 0 aliphatic heterocycles. The van der Waals surface area contributed by atoms with Crippen molar-refractivity contribution in [2.24, 2.45) is 0 Å². The largest absolute Gasteiger partial charge is 0.494 e. The van der Waals surface area contributed by atoms with Crippen molar-refractivity contribution in [3.63, 3.8) is 0 Å². The lowest BCUT2D eigenvalue weighted by molar-refractivity contribution is 0.398. The summed E-state index contributed by atoms with van der Waals surface area (Å²) in [5.74, 6) is 1.35. The zero-order chi connectivity index (χ0) is 13.0. The van der Waals surface area contributed by atoms with E-state index in [9.17, 15) is 0 Å². The smallest absolute Gasteiger partial charge is 0.150 e. The zero-order valence-corrected chi connectivity index (χ0v) is 11.6. The third-order valence-corrected chi connectivity index (χ3v) is 3.51. The fourth-order valence-corrected chi connectivity index (χ4v) is 2.31. The maximum Gasteiger partial charge on any atom is 0.150 e. The second kappa shape index (κ2) is 5.79. The molecule has 0 saturated heterocycles. The van der Waals surface area contributed by atoms with Crippen LogP contribution in [0.15, 0.2) is 29.8 Å². The summed E-state index contributed by atoms with van der Waals surface area (Å²) in [5.41, 5.74) is 0.711. The molecule has 18 heavy (non-hydrogen) atoms. The highest BCUT2D eigenvalue weighted by Crippen LogP contribution is 2.34. The second-order valence-corrected chi connectivity index (χ2v) is 4.63. The Kier molecular flexibility index (Phi) is 4.11. The standard InChI is InChI=1S/C12H12N2O2S2/c1-15-8-4-3-5-9(16-2)10(8)14-11(17)12-13-6-7-18-12/h3-7H,1-2H3,(H,14,17). The average molecular weight is 280 g/mol. The molecule has 0 unspecified atom stereocenters. The molecule has 2 rings (SSSR count). The molecule has 1 aromatic carbocycles. The first-order valence-corrected chi connectivity index (χ1v) is 6.47. The minimum absolute atomic E-state index is 0.549. The first-order valence-electron chi connectivity index (χ1n) is 5.18. The highest BCUT2D eigenvalue weighted by molar-refractivity contribution is 7.81. The second-order valence-electron chi connectivity index (χ2n) is 3.33. The van der Waals surface area contributed by atoms with E-state index in [0.717, 1.165) is 5.01 Å². The predicted octanol–water partition coefficient (Wildman–Crippen LogP) is 2.95. The van der Waals surface area contributed by atoms with Crippen LogP contribution in [0.2, 0.25) is 0 Å². The molecule has 0 bridgehead atoms. The lowest BCUT2D eigenvalue weighted by Gasteiger charge is -2.14. The molecular formula is C12H12N2O2S2. The maximum absolute atomic E-state index is 5.30. The van der Waals surface area contributed by atoms with Crippen molar-refractivity contribution >= 4 is 34.2 Å². The van der Waals surface area contributed by atoms with Gasteiger partial charge in [0.2, 0.25) is 0 Å². The fourth-order valence-electron chi connectivity index (χ4n) is 1.48. The van der Waals surface area contributed by atoms with Gasteiger partial charge in [-0.25, -0.2) is 4.98 Å². The van der Waals surface area contributed by atoms with E-state index in [1.807, 2.05) is 23.6 Å². The number of methoxy groups -OCH3 is 2. The molecule has 0 fully saturated rings. The quantitative estimate of drug-likeness (QED) is 0.872. The van der Waals surface area contributed by atoms with Crippen LogP contribution >= 0.6 is 23.6 Å². The molecule has 0 atom stereocenters. The van der Waals surface area contributed by atoms with Gasteiger partial charge in [-0.15, -0.1) is 11.3 Å². The number of benzene rings is 1. The molecule has 0 aliphatic rings. The third-order valence-electron chi connectivity index (χ3n) is 2.29. The Labute approximate surface area is 115 Å². The first-order chi connectivity index (χ1) is 8.76. The molecule has 0 radical (unpaired) electrons. The predicted molar refractivity (Wildman–Crippen MR) is 77.0 cm³/mol. The molecule has 0 saturated carbocycles. The number of thiocarbonyl (C=S) groups is 1. The number of rotatable bonds is 4. The first kappa shape index (κ1) is 12.8. The lowest BCUT2D eigenvalue weighted by atomic mass is 10.2. The van der Waals surface area contributed by atoms with Crippen LogP contribution in [0, 0.1) is 0 Å². The van der Waals surface area contributed by atoms with Gasteiger partial charge in [0.05, 0.1) is 14.2 Å². The molecule has 94 valence electrons. The summed E-state index contributed by atoms with van der Waals surface area (Å²) >= 11 is 6.78. The zero-order valence-electron chi connectivity index (χ0n) is 9.97. The van der Waals surface area contributed by atoms with Gasteiger partial charge < -0.3 is 14.8 Å². The van der Waals surface area contributed by atoms with Crippen LogP contribution in [-0.4, -0.2) is 24.2 Å². The molecule has 1 heterocycles. The monoisotopic (exact) mass is 280 g/mol. The van der Waals surface area contributed by atoms with Crippen molar-refractivity contribution in [3.8, 4) is 11.5 Å². The van der Waals surface area contributed by atoms with E-state index >= 15 is 0 Å². The molecule has 0 aliphatic carbocycles. The number of para-hydroxylation sites is 1. The number of anilines is 1. The van der Waals surface area contributed by atoms with Gasteiger partial charge >= 0.3 is 0 Å². The molecule has 0 spiro atoms. The fraction of sp³-hybridized carbons (Fsp3) is 0.167. The number of aromatic nitrogens is 1. The molecule has 0 amide bonds. The van der Waals surface area contributed by atoms with Gasteiger partial charge in [0.25, 0.3) is 0 Å². The molecule has 6 heteroatoms. The Balaban J connectivity index is 2.30. The lowest BCUT2D eigenvalue weighted by Crippen LogP contribution is -2.11. The van der Waals surface area contributed by atoms with E-state index in [-0.39, 0.29) is 0 Å². The minimum atomic E-state index is 0.549. The van der Waals surface area contributed by atoms with Crippen molar-refractivity contribution in [1.29, 1.82) is 0 Å². The number of hydrogen-bond acceptors (Lipinski definition) is 5. The van der Waals surface area contributed by atoms with Crippen molar-refractivity contribution in [3.05, 3.63) is 34.8 Å². The van der Waals surface area contributed by atoms with E-state index in [0.29, 0.717) is 22.2 Å². The van der Waals surface area contributed by atoms with E-state index in [1.54, 1.807) is 20.4 Å². The van der Waals surface area contributed by atoms with Crippen LogP contribution in [-0.2, 0) is 0 Å². The summed E-state index contributed by atoms with van der Waals surface area (Å²) in [4.78, 5) is 4.71. The van der Waals surface area contributed by atoms with Crippen molar-refractivity contribution in [1.82, 2.24) is 4.98 Å². The topological polar surface area (TPSA) is 43.4 Å². The molecule has 4 nitrogen and oxygen atoms in total. The van der Waals surface area contributed by atoms with E-state index < -0.39 is 0 Å². The van der Waals surface area contributed by atoms with Crippen LogP contribution < -0.4 is 14.8 Å².